The summed E-state index contributed by atoms with van der Waals surface area (Å²) in [6.45, 7) is 7.93. The van der Waals surface area contributed by atoms with Crippen molar-refractivity contribution in [3.8, 4) is 5.75 Å². The third-order valence-corrected chi connectivity index (χ3v) is 4.64. The molecule has 0 spiro atoms. The molecule has 0 aromatic heterocycles. The highest BCUT2D eigenvalue weighted by Gasteiger charge is 2.40. The van der Waals surface area contributed by atoms with Crippen LogP contribution in [-0.4, -0.2) is 30.1 Å². The van der Waals surface area contributed by atoms with Crippen LogP contribution in [0.15, 0.2) is 24.3 Å². The van der Waals surface area contributed by atoms with E-state index in [4.69, 9.17) is 10.5 Å². The van der Waals surface area contributed by atoms with E-state index in [2.05, 4.69) is 37.8 Å². The number of nitrogens with two attached hydrogens (primary N) is 1. The highest BCUT2D eigenvalue weighted by atomic mass is 16.5. The summed E-state index contributed by atoms with van der Waals surface area (Å²) in [5, 5.41) is 0. The van der Waals surface area contributed by atoms with Gasteiger partial charge in [-0.2, -0.15) is 0 Å². The van der Waals surface area contributed by atoms with Crippen LogP contribution in [0.4, 0.5) is 0 Å². The summed E-state index contributed by atoms with van der Waals surface area (Å²) in [6, 6.07) is 8.65. The molecule has 0 amide bonds. The Labute approximate surface area is 123 Å². The second-order valence-electron chi connectivity index (χ2n) is 6.37. The topological polar surface area (TPSA) is 38.5 Å². The quantitative estimate of drug-likeness (QED) is 0.896. The summed E-state index contributed by atoms with van der Waals surface area (Å²) in [5.74, 6) is 0.948. The summed E-state index contributed by atoms with van der Waals surface area (Å²) in [5.41, 5.74) is 7.90. The van der Waals surface area contributed by atoms with Crippen molar-refractivity contribution in [3.05, 3.63) is 29.8 Å². The molecule has 1 saturated heterocycles. The van der Waals surface area contributed by atoms with Crippen molar-refractivity contribution >= 4 is 0 Å². The summed E-state index contributed by atoms with van der Waals surface area (Å²) in [6.07, 6.45) is 3.44. The first kappa shape index (κ1) is 15.3. The number of likely N-dealkylation sites (tertiary alicyclic amines) is 1. The predicted molar refractivity (Wildman–Crippen MR) is 84.0 cm³/mol. The van der Waals surface area contributed by atoms with E-state index in [0.717, 1.165) is 18.7 Å². The van der Waals surface area contributed by atoms with E-state index >= 15 is 0 Å². The largest absolute Gasteiger partial charge is 0.496 e. The van der Waals surface area contributed by atoms with Crippen LogP contribution >= 0.6 is 0 Å². The molecule has 0 radical (unpaired) electrons. The molecule has 1 aliphatic heterocycles. The molecule has 1 aliphatic rings. The molecular weight excluding hydrogens is 248 g/mol. The van der Waals surface area contributed by atoms with E-state index < -0.39 is 0 Å². The molecule has 2 rings (SSSR count). The van der Waals surface area contributed by atoms with Gasteiger partial charge in [0.2, 0.25) is 0 Å². The Hall–Kier alpha value is -1.06. The van der Waals surface area contributed by atoms with Crippen LogP contribution in [0.5, 0.6) is 5.75 Å². The van der Waals surface area contributed by atoms with Gasteiger partial charge >= 0.3 is 0 Å². The van der Waals surface area contributed by atoms with Gasteiger partial charge in [0.25, 0.3) is 0 Å². The van der Waals surface area contributed by atoms with Crippen molar-refractivity contribution in [1.82, 2.24) is 4.90 Å². The molecule has 1 heterocycles. The number of ether oxygens (including phenoxy) is 1. The van der Waals surface area contributed by atoms with E-state index in [1.165, 1.54) is 18.4 Å². The van der Waals surface area contributed by atoms with Crippen molar-refractivity contribution < 1.29 is 4.74 Å². The van der Waals surface area contributed by atoms with Crippen molar-refractivity contribution in [3.63, 3.8) is 0 Å². The lowest BCUT2D eigenvalue weighted by Gasteiger charge is -2.41. The van der Waals surface area contributed by atoms with E-state index in [-0.39, 0.29) is 17.6 Å². The fourth-order valence-electron chi connectivity index (χ4n) is 3.41. The lowest BCUT2D eigenvalue weighted by atomic mass is 9.91. The van der Waals surface area contributed by atoms with Gasteiger partial charge in [-0.3, -0.25) is 4.90 Å². The smallest absolute Gasteiger partial charge is 0.123 e. The van der Waals surface area contributed by atoms with E-state index in [1.807, 2.05) is 12.1 Å². The Morgan fingerprint density at radius 1 is 1.35 bits per heavy atom. The molecule has 1 aromatic rings. The maximum absolute atomic E-state index is 6.48. The van der Waals surface area contributed by atoms with Gasteiger partial charge in [0.05, 0.1) is 13.2 Å². The summed E-state index contributed by atoms with van der Waals surface area (Å²) in [4.78, 5) is 2.57. The molecule has 2 N–H and O–H groups in total. The molecule has 1 fully saturated rings. The molecule has 1 aromatic carbocycles. The molecule has 112 valence electrons. The SMILES string of the molecule is CCC(N)C(c1ccccc1OC)N1CCCC1(C)C. The second kappa shape index (κ2) is 6.15. The molecule has 2 unspecified atom stereocenters. The number of benzene rings is 1. The van der Waals surface area contributed by atoms with Crippen LogP contribution in [0.1, 0.15) is 51.6 Å². The van der Waals surface area contributed by atoms with Crippen LogP contribution in [0.3, 0.4) is 0 Å². The Balaban J connectivity index is 2.42. The minimum absolute atomic E-state index is 0.128. The second-order valence-corrected chi connectivity index (χ2v) is 6.37. The van der Waals surface area contributed by atoms with Gasteiger partial charge in [0.1, 0.15) is 5.75 Å². The van der Waals surface area contributed by atoms with Crippen molar-refractivity contribution in [1.29, 1.82) is 0 Å². The zero-order valence-corrected chi connectivity index (χ0v) is 13.2. The zero-order chi connectivity index (χ0) is 14.8. The molecule has 0 saturated carbocycles. The first-order chi connectivity index (χ1) is 9.51. The van der Waals surface area contributed by atoms with Crippen LogP contribution in [0, 0.1) is 0 Å². The van der Waals surface area contributed by atoms with Gasteiger partial charge < -0.3 is 10.5 Å². The third-order valence-electron chi connectivity index (χ3n) is 4.64. The Morgan fingerprint density at radius 2 is 2.05 bits per heavy atom. The Morgan fingerprint density at radius 3 is 2.60 bits per heavy atom. The monoisotopic (exact) mass is 276 g/mol. The predicted octanol–water partition coefficient (Wildman–Crippen LogP) is 3.35. The van der Waals surface area contributed by atoms with Gasteiger partial charge in [-0.1, -0.05) is 25.1 Å². The molecular formula is C17H28N2O. The maximum Gasteiger partial charge on any atom is 0.123 e. The highest BCUT2D eigenvalue weighted by molar-refractivity contribution is 5.37. The molecule has 3 nitrogen and oxygen atoms in total. The third kappa shape index (κ3) is 2.84. The lowest BCUT2D eigenvalue weighted by Crippen LogP contribution is -2.47. The highest BCUT2D eigenvalue weighted by Crippen LogP contribution is 2.40. The first-order valence-corrected chi connectivity index (χ1v) is 7.66. The average molecular weight is 276 g/mol. The standard InChI is InChI=1S/C17H28N2O/c1-5-14(18)16(19-12-8-11-17(19,2)3)13-9-6-7-10-15(13)20-4/h6-7,9-10,14,16H,5,8,11-12,18H2,1-4H3. The first-order valence-electron chi connectivity index (χ1n) is 7.66. The van der Waals surface area contributed by atoms with Gasteiger partial charge in [-0.05, 0) is 45.7 Å². The Bertz CT molecular complexity index is 444. The van der Waals surface area contributed by atoms with Crippen molar-refractivity contribution in [2.24, 2.45) is 5.73 Å². The van der Waals surface area contributed by atoms with Gasteiger partial charge in [-0.15, -0.1) is 0 Å². The molecule has 3 heteroatoms. The van der Waals surface area contributed by atoms with Crippen molar-refractivity contribution in [2.45, 2.75) is 57.7 Å². The van der Waals surface area contributed by atoms with Gasteiger partial charge in [-0.25, -0.2) is 0 Å². The van der Waals surface area contributed by atoms with Gasteiger partial charge in [0, 0.05) is 17.1 Å². The van der Waals surface area contributed by atoms with Crippen LogP contribution in [0.2, 0.25) is 0 Å². The van der Waals surface area contributed by atoms with Gasteiger partial charge in [0.15, 0.2) is 0 Å². The average Bonchev–Trinajstić information content (AvgIpc) is 2.79. The fourth-order valence-corrected chi connectivity index (χ4v) is 3.41. The fraction of sp³-hybridized carbons (Fsp3) is 0.647. The minimum atomic E-state index is 0.128. The number of nitrogens with zero attached hydrogens (tertiary/aromatic N) is 1. The van der Waals surface area contributed by atoms with E-state index in [1.54, 1.807) is 7.11 Å². The molecule has 2 atom stereocenters. The number of para-hydroxylation sites is 1. The number of hydrogen-bond acceptors (Lipinski definition) is 3. The summed E-state index contributed by atoms with van der Waals surface area (Å²) >= 11 is 0. The number of methoxy groups -OCH3 is 1. The zero-order valence-electron chi connectivity index (χ0n) is 13.2. The van der Waals surface area contributed by atoms with Crippen molar-refractivity contribution in [2.75, 3.05) is 13.7 Å². The van der Waals surface area contributed by atoms with Crippen LogP contribution < -0.4 is 10.5 Å². The summed E-state index contributed by atoms with van der Waals surface area (Å²) in [7, 11) is 1.74. The van der Waals surface area contributed by atoms with E-state index in [0.29, 0.717) is 0 Å². The van der Waals surface area contributed by atoms with E-state index in [9.17, 15) is 0 Å². The normalized spacial score (nSPS) is 21.6. The molecule has 0 bridgehead atoms. The summed E-state index contributed by atoms with van der Waals surface area (Å²) < 4.78 is 5.57. The maximum atomic E-state index is 6.48. The number of hydrogen-bond donors (Lipinski definition) is 1. The molecule has 0 aliphatic carbocycles. The molecule has 20 heavy (non-hydrogen) atoms. The Kier molecular flexibility index (Phi) is 4.71. The lowest BCUT2D eigenvalue weighted by molar-refractivity contribution is 0.0947. The van der Waals surface area contributed by atoms with Crippen LogP contribution in [0.25, 0.3) is 0 Å². The van der Waals surface area contributed by atoms with Crippen LogP contribution in [-0.2, 0) is 0 Å². The number of rotatable bonds is 5. The minimum Gasteiger partial charge on any atom is -0.496 e.